The molecule has 0 bridgehead atoms. The second kappa shape index (κ2) is 14.8. The molecule has 0 aliphatic rings. The first-order valence-corrected chi connectivity index (χ1v) is 12.5. The molecule has 216 valence electrons. The Bertz CT molecular complexity index is 937. The van der Waals surface area contributed by atoms with E-state index in [0.717, 1.165) is 0 Å². The van der Waals surface area contributed by atoms with Crippen LogP contribution in [0.2, 0.25) is 0 Å². The van der Waals surface area contributed by atoms with Gasteiger partial charge in [-0.3, -0.25) is 14.4 Å². The molecule has 0 spiro atoms. The second-order valence-corrected chi connectivity index (χ2v) is 9.95. The van der Waals surface area contributed by atoms with Crippen molar-refractivity contribution in [3.63, 3.8) is 0 Å². The predicted molar refractivity (Wildman–Crippen MR) is 141 cm³/mol. The highest BCUT2D eigenvalue weighted by atomic mass is 16.5. The molecule has 0 saturated heterocycles. The molecular formula is C27H39N3O9. The molecule has 3 N–H and O–H groups in total. The van der Waals surface area contributed by atoms with Gasteiger partial charge in [0.1, 0.15) is 18.1 Å². The highest BCUT2D eigenvalue weighted by Crippen LogP contribution is 2.15. The van der Waals surface area contributed by atoms with Crippen molar-refractivity contribution in [2.45, 2.75) is 59.7 Å². The van der Waals surface area contributed by atoms with Gasteiger partial charge >= 0.3 is 17.9 Å². The van der Waals surface area contributed by atoms with Gasteiger partial charge in [0.15, 0.2) is 0 Å². The van der Waals surface area contributed by atoms with Crippen molar-refractivity contribution in [1.82, 2.24) is 16.0 Å². The molecule has 12 nitrogen and oxygen atoms in total. The van der Waals surface area contributed by atoms with Crippen LogP contribution in [0.15, 0.2) is 18.2 Å². The number of methoxy groups -OCH3 is 3. The number of benzene rings is 1. The number of nitrogens with one attached hydrogen (secondary N) is 3. The quantitative estimate of drug-likeness (QED) is 0.258. The number of carbonyl (C=O) groups excluding carboxylic acids is 6. The molecule has 0 heterocycles. The maximum absolute atomic E-state index is 13.2. The van der Waals surface area contributed by atoms with E-state index in [1.54, 1.807) is 41.5 Å². The average Bonchev–Trinajstić information content (AvgIpc) is 2.90. The topological polar surface area (TPSA) is 166 Å². The van der Waals surface area contributed by atoms with E-state index in [1.807, 2.05) is 0 Å². The molecule has 12 heteroatoms. The van der Waals surface area contributed by atoms with Gasteiger partial charge in [-0.2, -0.15) is 0 Å². The summed E-state index contributed by atoms with van der Waals surface area (Å²) in [6.45, 7) is 10.3. The van der Waals surface area contributed by atoms with Gasteiger partial charge in [0.05, 0.1) is 21.3 Å². The van der Waals surface area contributed by atoms with Gasteiger partial charge in [-0.15, -0.1) is 0 Å². The molecule has 39 heavy (non-hydrogen) atoms. The molecule has 0 saturated carbocycles. The molecular weight excluding hydrogens is 510 g/mol. The summed E-state index contributed by atoms with van der Waals surface area (Å²) < 4.78 is 14.3. The number of amides is 3. The molecule has 0 fully saturated rings. The lowest BCUT2D eigenvalue weighted by Gasteiger charge is -2.22. The minimum Gasteiger partial charge on any atom is -0.467 e. The molecule has 0 radical (unpaired) electrons. The molecule has 3 amide bonds. The van der Waals surface area contributed by atoms with Crippen LogP contribution in [-0.4, -0.2) is 75.1 Å². The fourth-order valence-corrected chi connectivity index (χ4v) is 3.57. The van der Waals surface area contributed by atoms with E-state index in [-0.39, 0.29) is 34.4 Å². The summed E-state index contributed by atoms with van der Waals surface area (Å²) in [6, 6.07) is 0.700. The largest absolute Gasteiger partial charge is 0.467 e. The Morgan fingerprint density at radius 3 is 0.846 bits per heavy atom. The van der Waals surface area contributed by atoms with Crippen LogP contribution in [0.25, 0.3) is 0 Å². The van der Waals surface area contributed by atoms with E-state index >= 15 is 0 Å². The molecule has 3 atom stereocenters. The Morgan fingerprint density at radius 1 is 0.487 bits per heavy atom. The first kappa shape index (κ1) is 33.1. The lowest BCUT2D eigenvalue weighted by atomic mass is 9.99. The van der Waals surface area contributed by atoms with Crippen LogP contribution in [0.1, 0.15) is 72.6 Å². The monoisotopic (exact) mass is 549 g/mol. The first-order valence-electron chi connectivity index (χ1n) is 12.5. The van der Waals surface area contributed by atoms with Crippen LogP contribution in [0, 0.1) is 17.8 Å². The van der Waals surface area contributed by atoms with E-state index in [0.29, 0.717) is 0 Å². The Morgan fingerprint density at radius 2 is 0.692 bits per heavy atom. The summed E-state index contributed by atoms with van der Waals surface area (Å²) in [7, 11) is 3.57. The summed E-state index contributed by atoms with van der Waals surface area (Å²) in [4.78, 5) is 76.0. The van der Waals surface area contributed by atoms with Crippen LogP contribution in [0.4, 0.5) is 0 Å². The van der Waals surface area contributed by atoms with Crippen molar-refractivity contribution in [1.29, 1.82) is 0 Å². The molecule has 1 aromatic rings. The summed E-state index contributed by atoms with van der Waals surface area (Å²) in [6.07, 6.45) is 0. The van der Waals surface area contributed by atoms with Crippen LogP contribution < -0.4 is 16.0 Å². The van der Waals surface area contributed by atoms with Gasteiger partial charge in [0.2, 0.25) is 0 Å². The number of rotatable bonds is 12. The molecule has 0 aliphatic carbocycles. The minimum atomic E-state index is -0.994. The Kier molecular flexibility index (Phi) is 12.6. The number of esters is 3. The standard InChI is InChI=1S/C27H39N3O9/c1-13(2)19(25(34)37-7)28-22(31)16-10-17(23(32)29-20(14(3)4)26(35)38-8)12-18(11-16)24(33)30-21(15(5)6)27(36)39-9/h10-15,19-21H,1-9H3,(H,28,31)(H,29,32)(H,30,33). The van der Waals surface area contributed by atoms with Crippen molar-refractivity contribution >= 4 is 35.6 Å². The Balaban J connectivity index is 3.56. The summed E-state index contributed by atoms with van der Waals surface area (Å²) >= 11 is 0. The van der Waals surface area contributed by atoms with Crippen LogP contribution in [0.5, 0.6) is 0 Å². The zero-order chi connectivity index (χ0) is 30.0. The number of carbonyl (C=O) groups is 6. The predicted octanol–water partition coefficient (Wildman–Crippen LogP) is 1.47. The van der Waals surface area contributed by atoms with Crippen molar-refractivity contribution in [2.75, 3.05) is 21.3 Å². The number of ether oxygens (including phenoxy) is 3. The minimum absolute atomic E-state index is 0.110. The summed E-state index contributed by atoms with van der Waals surface area (Å²) in [5, 5.41) is 7.69. The van der Waals surface area contributed by atoms with Gasteiger partial charge in [-0.25, -0.2) is 14.4 Å². The normalized spacial score (nSPS) is 13.2. The van der Waals surface area contributed by atoms with Crippen LogP contribution >= 0.6 is 0 Å². The van der Waals surface area contributed by atoms with Gasteiger partial charge < -0.3 is 30.2 Å². The Labute approximate surface area is 228 Å². The fraction of sp³-hybridized carbons (Fsp3) is 0.556. The van der Waals surface area contributed by atoms with Crippen LogP contribution in [0.3, 0.4) is 0 Å². The number of hydrogen-bond donors (Lipinski definition) is 3. The van der Waals surface area contributed by atoms with Crippen molar-refractivity contribution in [3.8, 4) is 0 Å². The zero-order valence-corrected chi connectivity index (χ0v) is 23.9. The van der Waals surface area contributed by atoms with E-state index < -0.39 is 53.8 Å². The SMILES string of the molecule is COC(=O)C(NC(=O)c1cc(C(=O)NC(C(=O)OC)C(C)C)cc(C(=O)NC(C(=O)OC)C(C)C)c1)C(C)C. The van der Waals surface area contributed by atoms with Crippen molar-refractivity contribution < 1.29 is 43.0 Å². The summed E-state index contributed by atoms with van der Waals surface area (Å²) in [5.41, 5.74) is -0.331. The lowest BCUT2D eigenvalue weighted by molar-refractivity contribution is -0.144. The van der Waals surface area contributed by atoms with Crippen LogP contribution in [-0.2, 0) is 28.6 Å². The zero-order valence-electron chi connectivity index (χ0n) is 23.9. The third-order valence-electron chi connectivity index (χ3n) is 5.94. The lowest BCUT2D eigenvalue weighted by Crippen LogP contribution is -2.46. The van der Waals surface area contributed by atoms with Gasteiger partial charge in [0.25, 0.3) is 17.7 Å². The van der Waals surface area contributed by atoms with E-state index in [1.165, 1.54) is 39.5 Å². The van der Waals surface area contributed by atoms with E-state index in [2.05, 4.69) is 16.0 Å². The molecule has 0 aliphatic heterocycles. The van der Waals surface area contributed by atoms with Gasteiger partial charge in [-0.05, 0) is 36.0 Å². The van der Waals surface area contributed by atoms with Gasteiger partial charge in [-0.1, -0.05) is 41.5 Å². The second-order valence-electron chi connectivity index (χ2n) is 9.95. The molecule has 3 unspecified atom stereocenters. The average molecular weight is 550 g/mol. The maximum Gasteiger partial charge on any atom is 0.328 e. The molecule has 1 rings (SSSR count). The maximum atomic E-state index is 13.2. The van der Waals surface area contributed by atoms with Crippen molar-refractivity contribution in [2.24, 2.45) is 17.8 Å². The third kappa shape index (κ3) is 9.08. The highest BCUT2D eigenvalue weighted by molar-refractivity contribution is 6.06. The van der Waals surface area contributed by atoms with E-state index in [4.69, 9.17) is 14.2 Å². The molecule has 1 aromatic carbocycles. The smallest absolute Gasteiger partial charge is 0.328 e. The van der Waals surface area contributed by atoms with Gasteiger partial charge in [0, 0.05) is 16.7 Å². The first-order chi connectivity index (χ1) is 18.2. The van der Waals surface area contributed by atoms with E-state index in [9.17, 15) is 28.8 Å². The Hall–Kier alpha value is -3.96. The highest BCUT2D eigenvalue weighted by Gasteiger charge is 2.30. The summed E-state index contributed by atoms with van der Waals surface area (Å²) in [5.74, 6) is -5.21. The number of hydrogen-bond acceptors (Lipinski definition) is 9. The third-order valence-corrected chi connectivity index (χ3v) is 5.94. The fourth-order valence-electron chi connectivity index (χ4n) is 3.57. The molecule has 0 aromatic heterocycles. The van der Waals surface area contributed by atoms with Crippen molar-refractivity contribution in [3.05, 3.63) is 34.9 Å².